The molecule has 0 saturated carbocycles. The minimum atomic E-state index is -0.945. The van der Waals surface area contributed by atoms with E-state index in [9.17, 15) is 19.5 Å². The zero-order valence-electron chi connectivity index (χ0n) is 16.7. The molecule has 1 aliphatic heterocycles. The third kappa shape index (κ3) is 7.71. The van der Waals surface area contributed by atoms with Crippen LogP contribution in [0.15, 0.2) is 24.3 Å². The molecule has 1 aliphatic rings. The standard InChI is InChI=1S/C20H29N3O6/c1-2-3-10-29-20(27)22-14-17(24)13-21-18(25)15-4-6-16(7-5-15)19(26)23-8-11-28-12-9-23/h4-7,17,24H,2-3,8-14H2,1H3,(H,21,25)(H,22,27). The van der Waals surface area contributed by atoms with Crippen molar-refractivity contribution in [2.24, 2.45) is 0 Å². The van der Waals surface area contributed by atoms with Crippen LogP contribution in [0.5, 0.6) is 0 Å². The van der Waals surface area contributed by atoms with E-state index in [0.717, 1.165) is 12.8 Å². The highest BCUT2D eigenvalue weighted by Crippen LogP contribution is 2.09. The largest absolute Gasteiger partial charge is 0.450 e. The summed E-state index contributed by atoms with van der Waals surface area (Å²) in [5, 5.41) is 14.9. The average molecular weight is 407 g/mol. The summed E-state index contributed by atoms with van der Waals surface area (Å²) in [6.45, 7) is 4.43. The lowest BCUT2D eigenvalue weighted by molar-refractivity contribution is 0.0303. The summed E-state index contributed by atoms with van der Waals surface area (Å²) >= 11 is 0. The maximum atomic E-state index is 12.4. The summed E-state index contributed by atoms with van der Waals surface area (Å²) in [5.41, 5.74) is 0.886. The van der Waals surface area contributed by atoms with Crippen LogP contribution >= 0.6 is 0 Å². The van der Waals surface area contributed by atoms with Crippen molar-refractivity contribution < 1.29 is 29.0 Å². The molecule has 160 valence electrons. The van der Waals surface area contributed by atoms with Gasteiger partial charge in [0.15, 0.2) is 0 Å². The highest BCUT2D eigenvalue weighted by molar-refractivity contribution is 5.97. The first kappa shape index (κ1) is 22.6. The Morgan fingerprint density at radius 1 is 1.10 bits per heavy atom. The van der Waals surface area contributed by atoms with Crippen LogP contribution in [0, 0.1) is 0 Å². The molecule has 9 heteroatoms. The Hall–Kier alpha value is -2.65. The van der Waals surface area contributed by atoms with E-state index < -0.39 is 12.2 Å². The molecule has 1 atom stereocenters. The number of aliphatic hydroxyl groups is 1. The second-order valence-electron chi connectivity index (χ2n) is 6.72. The van der Waals surface area contributed by atoms with E-state index >= 15 is 0 Å². The van der Waals surface area contributed by atoms with Gasteiger partial charge in [0.05, 0.1) is 25.9 Å². The summed E-state index contributed by atoms with van der Waals surface area (Å²) in [6.07, 6.45) is 0.164. The fraction of sp³-hybridized carbons (Fsp3) is 0.550. The molecule has 1 aromatic rings. The van der Waals surface area contributed by atoms with E-state index in [0.29, 0.717) is 44.0 Å². The molecule has 1 fully saturated rings. The van der Waals surface area contributed by atoms with Crippen molar-refractivity contribution >= 4 is 17.9 Å². The zero-order chi connectivity index (χ0) is 21.1. The van der Waals surface area contributed by atoms with Crippen LogP contribution in [-0.2, 0) is 9.47 Å². The lowest BCUT2D eigenvalue weighted by Crippen LogP contribution is -2.41. The summed E-state index contributed by atoms with van der Waals surface area (Å²) in [4.78, 5) is 37.7. The van der Waals surface area contributed by atoms with Gasteiger partial charge in [-0.1, -0.05) is 13.3 Å². The molecule has 0 radical (unpaired) electrons. The zero-order valence-corrected chi connectivity index (χ0v) is 16.7. The lowest BCUT2D eigenvalue weighted by Gasteiger charge is -2.26. The number of carbonyl (C=O) groups excluding carboxylic acids is 3. The molecule has 0 spiro atoms. The van der Waals surface area contributed by atoms with Gasteiger partial charge in [-0.15, -0.1) is 0 Å². The molecule has 0 aliphatic carbocycles. The maximum Gasteiger partial charge on any atom is 0.407 e. The van der Waals surface area contributed by atoms with Crippen LogP contribution < -0.4 is 10.6 Å². The van der Waals surface area contributed by atoms with Crippen LogP contribution in [0.25, 0.3) is 0 Å². The highest BCUT2D eigenvalue weighted by atomic mass is 16.5. The number of hydrogen-bond donors (Lipinski definition) is 3. The summed E-state index contributed by atoms with van der Waals surface area (Å²) in [7, 11) is 0. The first-order valence-corrected chi connectivity index (χ1v) is 9.85. The number of amides is 3. The topological polar surface area (TPSA) is 117 Å². The number of unbranched alkanes of at least 4 members (excludes halogenated alkanes) is 1. The third-order valence-electron chi connectivity index (χ3n) is 4.40. The fourth-order valence-corrected chi connectivity index (χ4v) is 2.66. The third-order valence-corrected chi connectivity index (χ3v) is 4.40. The smallest absolute Gasteiger partial charge is 0.407 e. The Kier molecular flexibility index (Phi) is 9.39. The predicted molar refractivity (Wildman–Crippen MR) is 106 cm³/mol. The van der Waals surface area contributed by atoms with E-state index in [-0.39, 0.29) is 24.9 Å². The molecule has 1 unspecified atom stereocenters. The van der Waals surface area contributed by atoms with Crippen molar-refractivity contribution in [3.8, 4) is 0 Å². The van der Waals surface area contributed by atoms with Gasteiger partial charge in [0.2, 0.25) is 0 Å². The normalized spacial score (nSPS) is 14.8. The van der Waals surface area contributed by atoms with Gasteiger partial charge in [0.1, 0.15) is 0 Å². The van der Waals surface area contributed by atoms with Crippen LogP contribution in [0.4, 0.5) is 4.79 Å². The quantitative estimate of drug-likeness (QED) is 0.521. The molecule has 3 N–H and O–H groups in total. The van der Waals surface area contributed by atoms with Crippen molar-refractivity contribution in [2.45, 2.75) is 25.9 Å². The Bertz CT molecular complexity index is 673. The minimum Gasteiger partial charge on any atom is -0.450 e. The maximum absolute atomic E-state index is 12.4. The summed E-state index contributed by atoms with van der Waals surface area (Å²) in [6, 6.07) is 6.35. The van der Waals surface area contributed by atoms with Crippen molar-refractivity contribution in [3.05, 3.63) is 35.4 Å². The average Bonchev–Trinajstić information content (AvgIpc) is 2.76. The van der Waals surface area contributed by atoms with E-state index in [1.165, 1.54) is 0 Å². The lowest BCUT2D eigenvalue weighted by atomic mass is 10.1. The van der Waals surface area contributed by atoms with Crippen LogP contribution in [0.2, 0.25) is 0 Å². The summed E-state index contributed by atoms with van der Waals surface area (Å²) in [5.74, 6) is -0.465. The van der Waals surface area contributed by atoms with Crippen LogP contribution in [-0.4, -0.2) is 80.0 Å². The Labute approximate surface area is 170 Å². The number of morpholine rings is 1. The number of nitrogens with one attached hydrogen (secondary N) is 2. The molecule has 29 heavy (non-hydrogen) atoms. The Morgan fingerprint density at radius 2 is 1.72 bits per heavy atom. The molecule has 3 amide bonds. The van der Waals surface area contributed by atoms with E-state index in [4.69, 9.17) is 9.47 Å². The monoisotopic (exact) mass is 407 g/mol. The van der Waals surface area contributed by atoms with Gasteiger partial charge in [-0.2, -0.15) is 0 Å². The SMILES string of the molecule is CCCCOC(=O)NCC(O)CNC(=O)c1ccc(C(=O)N2CCOCC2)cc1. The first-order valence-electron chi connectivity index (χ1n) is 9.85. The van der Waals surface area contributed by atoms with Gasteiger partial charge < -0.3 is 30.1 Å². The number of alkyl carbamates (subject to hydrolysis) is 1. The van der Waals surface area contributed by atoms with Gasteiger partial charge in [0, 0.05) is 37.3 Å². The molecule has 2 rings (SSSR count). The van der Waals surface area contributed by atoms with Gasteiger partial charge in [-0.3, -0.25) is 9.59 Å². The number of aliphatic hydroxyl groups excluding tert-OH is 1. The predicted octanol–water partition coefficient (Wildman–Crippen LogP) is 0.776. The van der Waals surface area contributed by atoms with E-state index in [2.05, 4.69) is 10.6 Å². The van der Waals surface area contributed by atoms with Gasteiger partial charge in [-0.25, -0.2) is 4.79 Å². The van der Waals surface area contributed by atoms with Crippen molar-refractivity contribution in [3.63, 3.8) is 0 Å². The number of nitrogens with zero attached hydrogens (tertiary/aromatic N) is 1. The van der Waals surface area contributed by atoms with Crippen molar-refractivity contribution in [1.82, 2.24) is 15.5 Å². The number of carbonyl (C=O) groups is 3. The molecule has 1 heterocycles. The van der Waals surface area contributed by atoms with Crippen molar-refractivity contribution in [1.29, 1.82) is 0 Å². The number of benzene rings is 1. The van der Waals surface area contributed by atoms with E-state index in [1.807, 2.05) is 6.92 Å². The Balaban J connectivity index is 1.73. The number of hydrogen-bond acceptors (Lipinski definition) is 6. The molecule has 1 saturated heterocycles. The van der Waals surface area contributed by atoms with Gasteiger partial charge in [-0.05, 0) is 30.7 Å². The minimum absolute atomic E-state index is 0.0253. The van der Waals surface area contributed by atoms with Crippen LogP contribution in [0.1, 0.15) is 40.5 Å². The van der Waals surface area contributed by atoms with E-state index in [1.54, 1.807) is 29.2 Å². The fourth-order valence-electron chi connectivity index (χ4n) is 2.66. The second kappa shape index (κ2) is 12.0. The van der Waals surface area contributed by atoms with Crippen molar-refractivity contribution in [2.75, 3.05) is 46.0 Å². The number of rotatable bonds is 9. The molecular weight excluding hydrogens is 378 g/mol. The van der Waals surface area contributed by atoms with Crippen LogP contribution in [0.3, 0.4) is 0 Å². The highest BCUT2D eigenvalue weighted by Gasteiger charge is 2.19. The molecular formula is C20H29N3O6. The number of ether oxygens (including phenoxy) is 2. The molecule has 9 nitrogen and oxygen atoms in total. The molecule has 1 aromatic carbocycles. The Morgan fingerprint density at radius 3 is 2.38 bits per heavy atom. The molecule has 0 bridgehead atoms. The van der Waals surface area contributed by atoms with Gasteiger partial charge in [0.25, 0.3) is 11.8 Å². The van der Waals surface area contributed by atoms with Gasteiger partial charge >= 0.3 is 6.09 Å². The summed E-state index contributed by atoms with van der Waals surface area (Å²) < 4.78 is 10.2. The first-order chi connectivity index (χ1) is 14.0. The second-order valence-corrected chi connectivity index (χ2v) is 6.72. The molecule has 0 aromatic heterocycles.